The molecular weight excluding hydrogens is 392 g/mol. The van der Waals surface area contributed by atoms with E-state index in [9.17, 15) is 9.59 Å². The van der Waals surface area contributed by atoms with Gasteiger partial charge in [-0.15, -0.1) is 0 Å². The standard InChI is InChI=1S/C24H28N4O3/c1-31-22-14-18(11-12-25-22)27-24(30)21(28-23(29)16-7-3-2-4-8-16)13-17-15-26-20-10-6-5-9-19(17)20/h5-6,9-12,14-16,21,26H,2-4,7-8,13H2,1H3,(H,28,29)(H,25,27,30)/t21-/m0/s1. The molecule has 2 amide bonds. The number of carbonyl (C=O) groups excluding carboxylic acids is 2. The van der Waals surface area contributed by atoms with Gasteiger partial charge in [-0.2, -0.15) is 0 Å². The normalized spacial score (nSPS) is 15.4. The van der Waals surface area contributed by atoms with E-state index in [-0.39, 0.29) is 17.7 Å². The van der Waals surface area contributed by atoms with Crippen LogP contribution in [0.4, 0.5) is 5.69 Å². The highest BCUT2D eigenvalue weighted by Crippen LogP contribution is 2.25. The summed E-state index contributed by atoms with van der Waals surface area (Å²) in [5.74, 6) is 0.0972. The number of benzene rings is 1. The number of aromatic amines is 1. The zero-order valence-electron chi connectivity index (χ0n) is 17.7. The molecule has 0 saturated heterocycles. The Kier molecular flexibility index (Phi) is 6.50. The van der Waals surface area contributed by atoms with Crippen molar-refractivity contribution in [1.29, 1.82) is 0 Å². The summed E-state index contributed by atoms with van der Waals surface area (Å²) in [6, 6.07) is 10.6. The van der Waals surface area contributed by atoms with Crippen molar-refractivity contribution in [3.05, 3.63) is 54.4 Å². The quantitative estimate of drug-likeness (QED) is 0.541. The molecule has 7 heteroatoms. The van der Waals surface area contributed by atoms with E-state index in [1.807, 2.05) is 30.5 Å². The van der Waals surface area contributed by atoms with E-state index in [0.29, 0.717) is 18.0 Å². The Balaban J connectivity index is 1.54. The Morgan fingerprint density at radius 1 is 1.19 bits per heavy atom. The predicted octanol–water partition coefficient (Wildman–Crippen LogP) is 3.82. The Morgan fingerprint density at radius 2 is 2.00 bits per heavy atom. The second-order valence-electron chi connectivity index (χ2n) is 8.04. The molecule has 31 heavy (non-hydrogen) atoms. The highest BCUT2D eigenvalue weighted by Gasteiger charge is 2.27. The second kappa shape index (κ2) is 9.64. The maximum atomic E-state index is 13.2. The fourth-order valence-corrected chi connectivity index (χ4v) is 4.21. The van der Waals surface area contributed by atoms with E-state index < -0.39 is 6.04 Å². The molecule has 1 aliphatic rings. The zero-order valence-corrected chi connectivity index (χ0v) is 17.7. The molecule has 4 rings (SSSR count). The highest BCUT2D eigenvalue weighted by molar-refractivity contribution is 5.98. The lowest BCUT2D eigenvalue weighted by atomic mass is 9.88. The van der Waals surface area contributed by atoms with Crippen LogP contribution in [0.25, 0.3) is 10.9 Å². The molecule has 1 aliphatic carbocycles. The van der Waals surface area contributed by atoms with Crippen molar-refractivity contribution >= 4 is 28.4 Å². The maximum absolute atomic E-state index is 13.2. The lowest BCUT2D eigenvalue weighted by Crippen LogP contribution is -2.47. The van der Waals surface area contributed by atoms with Crippen LogP contribution in [0.2, 0.25) is 0 Å². The van der Waals surface area contributed by atoms with Gasteiger partial charge in [0.2, 0.25) is 17.7 Å². The van der Waals surface area contributed by atoms with Gasteiger partial charge >= 0.3 is 0 Å². The number of para-hydroxylation sites is 1. The molecule has 162 valence electrons. The zero-order chi connectivity index (χ0) is 21.6. The predicted molar refractivity (Wildman–Crippen MR) is 120 cm³/mol. The Hall–Kier alpha value is -3.35. The smallest absolute Gasteiger partial charge is 0.247 e. The Morgan fingerprint density at radius 3 is 2.81 bits per heavy atom. The van der Waals surface area contributed by atoms with Crippen molar-refractivity contribution in [3.63, 3.8) is 0 Å². The van der Waals surface area contributed by atoms with Crippen molar-refractivity contribution in [2.75, 3.05) is 12.4 Å². The summed E-state index contributed by atoms with van der Waals surface area (Å²) in [5.41, 5.74) is 2.58. The van der Waals surface area contributed by atoms with E-state index in [2.05, 4.69) is 20.6 Å². The van der Waals surface area contributed by atoms with Gasteiger partial charge in [0.05, 0.1) is 7.11 Å². The number of amides is 2. The van der Waals surface area contributed by atoms with Gasteiger partial charge in [-0.3, -0.25) is 9.59 Å². The van der Waals surface area contributed by atoms with Crippen molar-refractivity contribution in [3.8, 4) is 5.88 Å². The second-order valence-corrected chi connectivity index (χ2v) is 8.04. The molecule has 1 aromatic carbocycles. The van der Waals surface area contributed by atoms with Crippen molar-refractivity contribution in [1.82, 2.24) is 15.3 Å². The molecule has 3 aromatic rings. The van der Waals surface area contributed by atoms with E-state index >= 15 is 0 Å². The highest BCUT2D eigenvalue weighted by atomic mass is 16.5. The lowest BCUT2D eigenvalue weighted by Gasteiger charge is -2.24. The SMILES string of the molecule is COc1cc(NC(=O)[C@H](Cc2c[nH]c3ccccc23)NC(=O)C2CCCCC2)ccn1. The van der Waals surface area contributed by atoms with E-state index in [1.54, 1.807) is 18.3 Å². The Bertz CT molecular complexity index is 1060. The number of H-pyrrole nitrogens is 1. The van der Waals surface area contributed by atoms with Crippen LogP contribution in [0.15, 0.2) is 48.8 Å². The number of ether oxygens (including phenoxy) is 1. The van der Waals surface area contributed by atoms with Gasteiger partial charge in [0.1, 0.15) is 6.04 Å². The third-order valence-corrected chi connectivity index (χ3v) is 5.92. The van der Waals surface area contributed by atoms with Gasteiger partial charge in [0, 0.05) is 47.4 Å². The molecule has 1 atom stereocenters. The molecule has 3 N–H and O–H groups in total. The molecule has 1 saturated carbocycles. The number of anilines is 1. The minimum absolute atomic E-state index is 0.0203. The number of hydrogen-bond donors (Lipinski definition) is 3. The third-order valence-electron chi connectivity index (χ3n) is 5.92. The molecule has 0 aliphatic heterocycles. The number of nitrogens with zero attached hydrogens (tertiary/aromatic N) is 1. The molecule has 0 radical (unpaired) electrons. The fraction of sp³-hybridized carbons (Fsp3) is 0.375. The van der Waals surface area contributed by atoms with Crippen LogP contribution in [-0.4, -0.2) is 34.9 Å². The van der Waals surface area contributed by atoms with Crippen molar-refractivity contribution < 1.29 is 14.3 Å². The summed E-state index contributed by atoms with van der Waals surface area (Å²) >= 11 is 0. The lowest BCUT2D eigenvalue weighted by molar-refractivity contribution is -0.130. The summed E-state index contributed by atoms with van der Waals surface area (Å²) in [6.45, 7) is 0. The first kappa shape index (κ1) is 20.9. The van der Waals surface area contributed by atoms with Crippen molar-refractivity contribution in [2.45, 2.75) is 44.6 Å². The molecule has 2 aromatic heterocycles. The largest absolute Gasteiger partial charge is 0.481 e. The number of fused-ring (bicyclic) bond motifs is 1. The average molecular weight is 421 g/mol. The minimum Gasteiger partial charge on any atom is -0.481 e. The van der Waals surface area contributed by atoms with E-state index in [0.717, 1.165) is 42.1 Å². The van der Waals surface area contributed by atoms with Crippen LogP contribution in [-0.2, 0) is 16.0 Å². The van der Waals surface area contributed by atoms with E-state index in [1.165, 1.54) is 13.5 Å². The first-order valence-electron chi connectivity index (χ1n) is 10.8. The molecule has 2 heterocycles. The molecule has 1 fully saturated rings. The van der Waals surface area contributed by atoms with Gasteiger partial charge < -0.3 is 20.4 Å². The summed E-state index contributed by atoms with van der Waals surface area (Å²) < 4.78 is 5.14. The summed E-state index contributed by atoms with van der Waals surface area (Å²) in [6.07, 6.45) is 8.95. The van der Waals surface area contributed by atoms with Crippen molar-refractivity contribution in [2.24, 2.45) is 5.92 Å². The van der Waals surface area contributed by atoms with Gasteiger partial charge in [0.25, 0.3) is 0 Å². The fourth-order valence-electron chi connectivity index (χ4n) is 4.21. The summed E-state index contributed by atoms with van der Waals surface area (Å²) in [4.78, 5) is 33.4. The number of hydrogen-bond acceptors (Lipinski definition) is 4. The Labute approximate surface area is 181 Å². The minimum atomic E-state index is -0.687. The van der Waals surface area contributed by atoms with Gasteiger partial charge in [-0.25, -0.2) is 4.98 Å². The number of rotatable bonds is 7. The molecule has 0 unspecified atom stereocenters. The van der Waals surface area contributed by atoms with Crippen LogP contribution in [0.5, 0.6) is 5.88 Å². The molecular formula is C24H28N4O3. The number of pyridine rings is 1. The number of nitrogens with one attached hydrogen (secondary N) is 3. The number of carbonyl (C=O) groups is 2. The summed E-state index contributed by atoms with van der Waals surface area (Å²) in [5, 5.41) is 6.98. The first-order valence-corrected chi connectivity index (χ1v) is 10.8. The topological polar surface area (TPSA) is 96.1 Å². The monoisotopic (exact) mass is 420 g/mol. The van der Waals surface area contributed by atoms with Gasteiger partial charge in [0.15, 0.2) is 0 Å². The van der Waals surface area contributed by atoms with Crippen LogP contribution < -0.4 is 15.4 Å². The number of methoxy groups -OCH3 is 1. The molecule has 0 spiro atoms. The average Bonchev–Trinajstić information content (AvgIpc) is 3.22. The van der Waals surface area contributed by atoms with Gasteiger partial charge in [-0.05, 0) is 30.5 Å². The van der Waals surface area contributed by atoms with E-state index in [4.69, 9.17) is 4.74 Å². The first-order chi connectivity index (χ1) is 15.1. The third kappa shape index (κ3) is 5.05. The molecule has 7 nitrogen and oxygen atoms in total. The van der Waals surface area contributed by atoms with Crippen LogP contribution in [0.1, 0.15) is 37.7 Å². The van der Waals surface area contributed by atoms with Crippen LogP contribution in [0.3, 0.4) is 0 Å². The van der Waals surface area contributed by atoms with Crippen LogP contribution in [0, 0.1) is 5.92 Å². The number of aromatic nitrogens is 2. The van der Waals surface area contributed by atoms with Gasteiger partial charge in [-0.1, -0.05) is 37.5 Å². The van der Waals surface area contributed by atoms with Crippen LogP contribution >= 0.6 is 0 Å². The maximum Gasteiger partial charge on any atom is 0.247 e. The summed E-state index contributed by atoms with van der Waals surface area (Å²) in [7, 11) is 1.53. The molecule has 0 bridgehead atoms.